The van der Waals surface area contributed by atoms with Gasteiger partial charge >= 0.3 is 7.60 Å². The zero-order valence-electron chi connectivity index (χ0n) is 18.1. The number of rotatable bonds is 5. The Hall–Kier alpha value is -2.24. The summed E-state index contributed by atoms with van der Waals surface area (Å²) >= 11 is 0. The van der Waals surface area contributed by atoms with Crippen LogP contribution in [0.5, 0.6) is 0 Å². The monoisotopic (exact) mass is 476 g/mol. The third-order valence-corrected chi connectivity index (χ3v) is 7.63. The molecule has 12 heteroatoms. The van der Waals surface area contributed by atoms with Crippen molar-refractivity contribution in [1.82, 2.24) is 19.5 Å². The van der Waals surface area contributed by atoms with Crippen LogP contribution in [0.2, 0.25) is 0 Å². The van der Waals surface area contributed by atoms with Crippen LogP contribution in [-0.2, 0) is 23.1 Å². The van der Waals surface area contributed by atoms with E-state index < -0.39 is 37.7 Å². The van der Waals surface area contributed by atoms with Gasteiger partial charge in [0.05, 0.1) is 18.9 Å². The van der Waals surface area contributed by atoms with Crippen LogP contribution in [0.3, 0.4) is 0 Å². The molecule has 0 amide bonds. The van der Waals surface area contributed by atoms with Crippen molar-refractivity contribution < 1.29 is 33.3 Å². The van der Waals surface area contributed by atoms with Crippen molar-refractivity contribution in [3.63, 3.8) is 0 Å². The first kappa shape index (κ1) is 22.5. The van der Waals surface area contributed by atoms with Crippen LogP contribution >= 0.6 is 7.60 Å². The van der Waals surface area contributed by atoms with Crippen molar-refractivity contribution in [3.8, 4) is 0 Å². The van der Waals surface area contributed by atoms with Gasteiger partial charge in [0.1, 0.15) is 42.2 Å². The van der Waals surface area contributed by atoms with Gasteiger partial charge < -0.3 is 28.8 Å². The number of aryl methyl sites for hydroxylation is 1. The maximum Gasteiger partial charge on any atom is 0.356 e. The summed E-state index contributed by atoms with van der Waals surface area (Å²) in [5.41, 5.74) is 0.415. The lowest BCUT2D eigenvalue weighted by atomic mass is 9.96. The Morgan fingerprint density at radius 3 is 3.00 bits per heavy atom. The molecule has 11 nitrogen and oxygen atoms in total. The van der Waals surface area contributed by atoms with E-state index in [1.807, 2.05) is 13.0 Å². The molecule has 0 aliphatic carbocycles. The number of aliphatic hydroxyl groups is 2. The standard InChI is InChI=1S/C21H25N4O7P/c1-13-15-5-7-25(19(15)24-11-23-13)20-21(2,27)18(26)17(31-20)10-30-33(28)12-29-9-16(32-33)14-4-3-6-22-8-14/h3-8,11,16-18,20,26-27H,9-10,12H2,1-2H3/t16?,17-,18-,20-,21-,33?/m1/s1. The Bertz CT molecular complexity index is 1190. The van der Waals surface area contributed by atoms with Crippen molar-refractivity contribution in [3.05, 3.63) is 54.4 Å². The average molecular weight is 476 g/mol. The Kier molecular flexibility index (Phi) is 5.82. The first-order valence-electron chi connectivity index (χ1n) is 10.5. The minimum atomic E-state index is -3.63. The molecule has 5 heterocycles. The lowest BCUT2D eigenvalue weighted by Crippen LogP contribution is -2.44. The second kappa shape index (κ2) is 8.52. The molecule has 0 spiro atoms. The number of pyridine rings is 1. The highest BCUT2D eigenvalue weighted by Gasteiger charge is 2.54. The van der Waals surface area contributed by atoms with E-state index in [1.165, 1.54) is 13.3 Å². The van der Waals surface area contributed by atoms with Gasteiger partial charge in [-0.15, -0.1) is 0 Å². The number of nitrogens with zero attached hydrogens (tertiary/aromatic N) is 4. The predicted octanol–water partition coefficient (Wildman–Crippen LogP) is 2.10. The lowest BCUT2D eigenvalue weighted by Gasteiger charge is -2.30. The highest BCUT2D eigenvalue weighted by Crippen LogP contribution is 2.55. The van der Waals surface area contributed by atoms with Crippen molar-refractivity contribution in [2.24, 2.45) is 0 Å². The first-order valence-corrected chi connectivity index (χ1v) is 12.2. The molecule has 2 saturated heterocycles. The van der Waals surface area contributed by atoms with Crippen LogP contribution in [0, 0.1) is 6.92 Å². The third kappa shape index (κ3) is 4.10. The quantitative estimate of drug-likeness (QED) is 0.527. The summed E-state index contributed by atoms with van der Waals surface area (Å²) in [7, 11) is -3.63. The van der Waals surface area contributed by atoms with Crippen LogP contribution in [-0.4, -0.2) is 67.1 Å². The highest BCUT2D eigenvalue weighted by molar-refractivity contribution is 7.53. The second-order valence-electron chi connectivity index (χ2n) is 8.40. The first-order chi connectivity index (χ1) is 15.8. The number of fused-ring (bicyclic) bond motifs is 1. The van der Waals surface area contributed by atoms with Gasteiger partial charge in [-0.25, -0.2) is 9.97 Å². The fourth-order valence-corrected chi connectivity index (χ4v) is 5.64. The maximum atomic E-state index is 13.2. The van der Waals surface area contributed by atoms with Crippen molar-refractivity contribution in [1.29, 1.82) is 0 Å². The summed E-state index contributed by atoms with van der Waals surface area (Å²) in [5, 5.41) is 22.7. The van der Waals surface area contributed by atoms with Crippen molar-refractivity contribution in [2.45, 2.75) is 44.0 Å². The van der Waals surface area contributed by atoms with Gasteiger partial charge in [0.25, 0.3) is 0 Å². The van der Waals surface area contributed by atoms with Gasteiger partial charge in [-0.1, -0.05) is 6.07 Å². The van der Waals surface area contributed by atoms with Crippen LogP contribution < -0.4 is 0 Å². The SMILES string of the molecule is Cc1ncnc2c1ccn2[C@@H]1O[C@H](COP2(=O)COCC(c3cccnc3)O2)[C@@H](O)[C@@]1(C)O. The second-order valence-corrected chi connectivity index (χ2v) is 10.4. The Morgan fingerprint density at radius 1 is 1.36 bits per heavy atom. The Labute approximate surface area is 189 Å². The van der Waals surface area contributed by atoms with Crippen molar-refractivity contribution in [2.75, 3.05) is 19.6 Å². The van der Waals surface area contributed by atoms with Gasteiger partial charge in [0.15, 0.2) is 6.23 Å². The number of hydrogen-bond acceptors (Lipinski definition) is 10. The normalized spacial score (nSPS) is 34.7. The summed E-state index contributed by atoms with van der Waals surface area (Å²) < 4.78 is 37.6. The molecule has 0 bridgehead atoms. The molecule has 3 aromatic heterocycles. The van der Waals surface area contributed by atoms with Crippen LogP contribution in [0.15, 0.2) is 43.1 Å². The zero-order valence-corrected chi connectivity index (χ0v) is 19.0. The van der Waals surface area contributed by atoms with E-state index in [1.54, 1.807) is 35.3 Å². The minimum Gasteiger partial charge on any atom is -0.387 e. The largest absolute Gasteiger partial charge is 0.387 e. The molecular formula is C21H25N4O7P. The number of aliphatic hydroxyl groups excluding tert-OH is 1. The third-order valence-electron chi connectivity index (χ3n) is 6.01. The van der Waals surface area contributed by atoms with Crippen molar-refractivity contribution >= 4 is 18.6 Å². The molecule has 2 aliphatic heterocycles. The Balaban J connectivity index is 1.31. The fourth-order valence-electron chi connectivity index (χ4n) is 4.17. The summed E-state index contributed by atoms with van der Waals surface area (Å²) in [6.45, 7) is 3.29. The van der Waals surface area contributed by atoms with E-state index in [9.17, 15) is 14.8 Å². The zero-order chi connectivity index (χ0) is 23.2. The lowest BCUT2D eigenvalue weighted by molar-refractivity contribution is -0.0949. The van der Waals surface area contributed by atoms with Gasteiger partial charge in [-0.3, -0.25) is 14.1 Å². The van der Waals surface area contributed by atoms with Gasteiger partial charge in [0.2, 0.25) is 0 Å². The minimum absolute atomic E-state index is 0.217. The molecule has 2 N–H and O–H groups in total. The van der Waals surface area contributed by atoms with E-state index in [0.29, 0.717) is 5.65 Å². The van der Waals surface area contributed by atoms with Gasteiger partial charge in [-0.2, -0.15) is 0 Å². The van der Waals surface area contributed by atoms with Crippen LogP contribution in [0.25, 0.3) is 11.0 Å². The highest BCUT2D eigenvalue weighted by atomic mass is 31.2. The molecule has 2 unspecified atom stereocenters. The summed E-state index contributed by atoms with van der Waals surface area (Å²) in [4.78, 5) is 12.5. The molecule has 0 saturated carbocycles. The van der Waals surface area contributed by atoms with E-state index in [4.69, 9.17) is 18.5 Å². The summed E-state index contributed by atoms with van der Waals surface area (Å²) in [6.07, 6.45) is 2.38. The molecule has 2 fully saturated rings. The summed E-state index contributed by atoms with van der Waals surface area (Å²) in [5.74, 6) is 0. The maximum absolute atomic E-state index is 13.2. The van der Waals surface area contributed by atoms with E-state index >= 15 is 0 Å². The van der Waals surface area contributed by atoms with E-state index in [2.05, 4.69) is 15.0 Å². The number of aromatic nitrogens is 4. The van der Waals surface area contributed by atoms with Gasteiger partial charge in [0, 0.05) is 29.5 Å². The van der Waals surface area contributed by atoms with E-state index in [-0.39, 0.29) is 19.6 Å². The molecule has 176 valence electrons. The molecule has 0 radical (unpaired) electrons. The molecule has 0 aromatic carbocycles. The molecule has 33 heavy (non-hydrogen) atoms. The average Bonchev–Trinajstić information content (AvgIpc) is 3.33. The molecular weight excluding hydrogens is 451 g/mol. The molecule has 3 aromatic rings. The van der Waals surface area contributed by atoms with Crippen LogP contribution in [0.1, 0.15) is 30.5 Å². The summed E-state index contributed by atoms with van der Waals surface area (Å²) in [6, 6.07) is 5.38. The fraction of sp³-hybridized carbons (Fsp3) is 0.476. The molecule has 6 atom stereocenters. The predicted molar refractivity (Wildman–Crippen MR) is 115 cm³/mol. The van der Waals surface area contributed by atoms with Gasteiger partial charge in [-0.05, 0) is 26.0 Å². The Morgan fingerprint density at radius 2 is 2.21 bits per heavy atom. The molecule has 5 rings (SSSR count). The topological polar surface area (TPSA) is 138 Å². The molecule has 2 aliphatic rings. The number of ether oxygens (including phenoxy) is 2. The van der Waals surface area contributed by atoms with E-state index in [0.717, 1.165) is 16.6 Å². The smallest absolute Gasteiger partial charge is 0.356 e. The number of hydrogen-bond donors (Lipinski definition) is 2. The van der Waals surface area contributed by atoms with Crippen LogP contribution in [0.4, 0.5) is 0 Å².